The third-order valence-corrected chi connectivity index (χ3v) is 5.74. The van der Waals surface area contributed by atoms with E-state index in [0.29, 0.717) is 12.8 Å². The van der Waals surface area contributed by atoms with Gasteiger partial charge in [0.2, 0.25) is 11.8 Å². The lowest BCUT2D eigenvalue weighted by Crippen LogP contribution is -2.48. The van der Waals surface area contributed by atoms with Gasteiger partial charge >= 0.3 is 0 Å². The number of hydrogen-bond acceptors (Lipinski definition) is 8. The first-order valence-corrected chi connectivity index (χ1v) is 10.6. The molecular weight excluding hydrogens is 420 g/mol. The van der Waals surface area contributed by atoms with Crippen LogP contribution in [-0.4, -0.2) is 70.8 Å². The molecule has 0 saturated carbocycles. The first kappa shape index (κ1) is 24.3. The van der Waals surface area contributed by atoms with Gasteiger partial charge < -0.3 is 31.1 Å². The van der Waals surface area contributed by atoms with E-state index in [1.807, 2.05) is 36.4 Å². The second-order valence-corrected chi connectivity index (χ2v) is 8.11. The fourth-order valence-electron chi connectivity index (χ4n) is 3.85. The highest BCUT2D eigenvalue weighted by atomic mass is 17.2. The molecule has 2 amide bonds. The summed E-state index contributed by atoms with van der Waals surface area (Å²) in [6, 6.07) is 7.54. The van der Waals surface area contributed by atoms with Crippen LogP contribution >= 0.6 is 0 Å². The fraction of sp³-hybridized carbons (Fsp3) is 0.545. The van der Waals surface area contributed by atoms with Gasteiger partial charge in [0, 0.05) is 25.9 Å². The molecule has 3 aliphatic rings. The van der Waals surface area contributed by atoms with Crippen molar-refractivity contribution in [2.45, 2.75) is 49.1 Å². The van der Waals surface area contributed by atoms with Crippen molar-refractivity contribution in [3.8, 4) is 0 Å². The Morgan fingerprint density at radius 2 is 1.22 bits per heavy atom. The zero-order valence-electron chi connectivity index (χ0n) is 17.7. The molecule has 176 valence electrons. The zero-order valence-corrected chi connectivity index (χ0v) is 17.7. The molecule has 0 spiro atoms. The molecule has 10 nitrogen and oxygen atoms in total. The molecule has 0 saturated heterocycles. The summed E-state index contributed by atoms with van der Waals surface area (Å²) in [6.45, 7) is -0.932. The lowest BCUT2D eigenvalue weighted by Gasteiger charge is -2.48. The largest absolute Gasteiger partial charge is 0.394 e. The van der Waals surface area contributed by atoms with Crippen molar-refractivity contribution >= 4 is 11.8 Å². The maximum absolute atomic E-state index is 12.2. The molecule has 4 rings (SSSR count). The van der Waals surface area contributed by atoms with Crippen molar-refractivity contribution in [2.75, 3.05) is 26.3 Å². The smallest absolute Gasteiger partial charge is 0.220 e. The van der Waals surface area contributed by atoms with Gasteiger partial charge in [-0.3, -0.25) is 9.59 Å². The molecule has 0 aromatic heterocycles. The molecule has 0 fully saturated rings. The molecule has 2 aliphatic heterocycles. The minimum absolute atomic E-state index is 0.0351. The predicted molar refractivity (Wildman–Crippen MR) is 112 cm³/mol. The molecule has 32 heavy (non-hydrogen) atoms. The topological polar surface area (TPSA) is 158 Å². The van der Waals surface area contributed by atoms with Gasteiger partial charge in [0.1, 0.15) is 11.2 Å². The summed E-state index contributed by atoms with van der Waals surface area (Å²) in [5, 5.41) is 41.6. The molecule has 0 radical (unpaired) electrons. The van der Waals surface area contributed by atoms with E-state index in [0.717, 1.165) is 11.1 Å². The molecule has 10 heteroatoms. The van der Waals surface area contributed by atoms with Crippen molar-refractivity contribution in [3.63, 3.8) is 0 Å². The van der Waals surface area contributed by atoms with Gasteiger partial charge in [-0.2, -0.15) is 0 Å². The van der Waals surface area contributed by atoms with E-state index >= 15 is 0 Å². The van der Waals surface area contributed by atoms with Crippen LogP contribution in [0.1, 0.15) is 36.8 Å². The fourth-order valence-corrected chi connectivity index (χ4v) is 3.85. The molecule has 2 heterocycles. The Bertz CT molecular complexity index is 780. The van der Waals surface area contributed by atoms with Crippen molar-refractivity contribution in [1.82, 2.24) is 10.6 Å². The average Bonchev–Trinajstić information content (AvgIpc) is 2.84. The summed E-state index contributed by atoms with van der Waals surface area (Å²) in [5.74, 6) is -0.573. The second-order valence-electron chi connectivity index (χ2n) is 8.11. The predicted octanol–water partition coefficient (Wildman–Crippen LogP) is -0.892. The number of amides is 2. The first-order chi connectivity index (χ1) is 15.3. The third-order valence-electron chi connectivity index (χ3n) is 5.74. The summed E-state index contributed by atoms with van der Waals surface area (Å²) in [6.07, 6.45) is 2.52. The molecule has 1 aromatic rings. The minimum Gasteiger partial charge on any atom is -0.394 e. The van der Waals surface area contributed by atoms with Gasteiger partial charge in [-0.15, -0.1) is 0 Å². The van der Waals surface area contributed by atoms with Crippen LogP contribution in [0.25, 0.3) is 0 Å². The van der Waals surface area contributed by atoms with Crippen LogP contribution in [0.5, 0.6) is 0 Å². The maximum atomic E-state index is 12.2. The quantitative estimate of drug-likeness (QED) is 0.177. The molecule has 2 bridgehead atoms. The van der Waals surface area contributed by atoms with Crippen molar-refractivity contribution in [3.05, 3.63) is 47.5 Å². The summed E-state index contributed by atoms with van der Waals surface area (Å²) in [7, 11) is 0. The van der Waals surface area contributed by atoms with Crippen molar-refractivity contribution in [2.24, 2.45) is 0 Å². The zero-order chi connectivity index (χ0) is 23.2. The Kier molecular flexibility index (Phi) is 7.99. The monoisotopic (exact) mass is 450 g/mol. The number of benzene rings is 1. The molecular formula is C22H30N2O8. The number of fused-ring (bicyclic) bond motifs is 1. The molecule has 4 unspecified atom stereocenters. The first-order valence-electron chi connectivity index (χ1n) is 10.6. The van der Waals surface area contributed by atoms with E-state index in [1.165, 1.54) is 0 Å². The van der Waals surface area contributed by atoms with E-state index in [4.69, 9.17) is 20.0 Å². The minimum atomic E-state index is -1.01. The van der Waals surface area contributed by atoms with Crippen LogP contribution in [-0.2, 0) is 30.6 Å². The lowest BCUT2D eigenvalue weighted by atomic mass is 9.72. The van der Waals surface area contributed by atoms with Crippen LogP contribution in [0.3, 0.4) is 0 Å². The SMILES string of the molecule is O=C(CCC12C=CC(CCC(=O)NCC(O)CO)(OO1)c1ccccc12)NCC(O)CO. The van der Waals surface area contributed by atoms with Crippen LogP contribution in [0.15, 0.2) is 36.4 Å². The Balaban J connectivity index is 1.66. The highest BCUT2D eigenvalue weighted by Crippen LogP contribution is 2.52. The van der Waals surface area contributed by atoms with E-state index < -0.39 is 36.6 Å². The highest BCUT2D eigenvalue weighted by Gasteiger charge is 2.51. The Hall–Kier alpha value is -2.34. The number of carbonyl (C=O) groups is 2. The van der Waals surface area contributed by atoms with Crippen LogP contribution in [0.4, 0.5) is 0 Å². The Morgan fingerprint density at radius 1 is 0.812 bits per heavy atom. The molecule has 4 atom stereocenters. The van der Waals surface area contributed by atoms with Gasteiger partial charge in [0.25, 0.3) is 0 Å². The molecule has 1 aromatic carbocycles. The Labute approximate surface area is 185 Å². The lowest BCUT2D eigenvalue weighted by molar-refractivity contribution is -0.424. The highest BCUT2D eigenvalue weighted by molar-refractivity contribution is 5.76. The van der Waals surface area contributed by atoms with Gasteiger partial charge in [0.15, 0.2) is 0 Å². The maximum Gasteiger partial charge on any atom is 0.220 e. The van der Waals surface area contributed by atoms with E-state index in [-0.39, 0.29) is 37.7 Å². The van der Waals surface area contributed by atoms with Crippen LogP contribution in [0.2, 0.25) is 0 Å². The molecule has 1 aliphatic carbocycles. The summed E-state index contributed by atoms with van der Waals surface area (Å²) >= 11 is 0. The number of aliphatic hydroxyl groups excluding tert-OH is 4. The van der Waals surface area contributed by atoms with E-state index in [9.17, 15) is 19.8 Å². The number of rotatable bonds is 12. The number of hydrogen-bond donors (Lipinski definition) is 6. The van der Waals surface area contributed by atoms with Crippen LogP contribution < -0.4 is 10.6 Å². The number of nitrogens with one attached hydrogen (secondary N) is 2. The summed E-state index contributed by atoms with van der Waals surface area (Å²) < 4.78 is 0. The van der Waals surface area contributed by atoms with E-state index in [2.05, 4.69) is 10.6 Å². The van der Waals surface area contributed by atoms with Gasteiger partial charge in [-0.05, 0) is 36.1 Å². The van der Waals surface area contributed by atoms with Crippen LogP contribution in [0, 0.1) is 0 Å². The standard InChI is InChI=1S/C22H30N2O8/c25-13-15(27)11-23-19(29)5-7-21-9-10-22(32-31-21,18-4-2-1-3-17(18)21)8-6-20(30)24-12-16(28)14-26/h1-4,9-10,15-16,25-28H,5-8,11-14H2,(H,23,29)(H,24,30). The summed E-state index contributed by atoms with van der Waals surface area (Å²) in [4.78, 5) is 35.9. The number of aliphatic hydroxyl groups is 4. The van der Waals surface area contributed by atoms with Gasteiger partial charge in [0.05, 0.1) is 25.4 Å². The average molecular weight is 450 g/mol. The van der Waals surface area contributed by atoms with Crippen molar-refractivity contribution in [1.29, 1.82) is 0 Å². The number of carbonyl (C=O) groups excluding carboxylic acids is 2. The normalized spacial score (nSPS) is 25.1. The third kappa shape index (κ3) is 5.34. The van der Waals surface area contributed by atoms with Gasteiger partial charge in [-0.25, -0.2) is 9.78 Å². The van der Waals surface area contributed by atoms with E-state index in [1.54, 1.807) is 0 Å². The molecule has 6 N–H and O–H groups in total. The summed E-state index contributed by atoms with van der Waals surface area (Å²) in [5.41, 5.74) is -0.182. The Morgan fingerprint density at radius 3 is 1.56 bits per heavy atom. The van der Waals surface area contributed by atoms with Gasteiger partial charge in [-0.1, -0.05) is 24.3 Å². The van der Waals surface area contributed by atoms with Crippen molar-refractivity contribution < 1.29 is 39.8 Å². The second kappa shape index (κ2) is 10.5.